The van der Waals surface area contributed by atoms with Gasteiger partial charge in [0.2, 0.25) is 0 Å². The Morgan fingerprint density at radius 1 is 1.21 bits per heavy atom. The number of anilines is 1. The summed E-state index contributed by atoms with van der Waals surface area (Å²) in [6.45, 7) is 0. The highest BCUT2D eigenvalue weighted by atomic mass is 35.5. The first kappa shape index (κ1) is 12.9. The van der Waals surface area contributed by atoms with Crippen molar-refractivity contribution in [3.8, 4) is 5.75 Å². The Kier molecular flexibility index (Phi) is 3.39. The maximum Gasteiger partial charge on any atom is 0.326 e. The van der Waals surface area contributed by atoms with Gasteiger partial charge in [-0.15, -0.1) is 0 Å². The van der Waals surface area contributed by atoms with Crippen LogP contribution in [0.2, 0.25) is 5.02 Å². The molecule has 4 N–H and O–H groups in total. The van der Waals surface area contributed by atoms with Gasteiger partial charge in [0.05, 0.1) is 5.02 Å². The topological polar surface area (TPSA) is 115 Å². The minimum absolute atomic E-state index is 0.0669. The number of benzene rings is 1. The summed E-state index contributed by atoms with van der Waals surface area (Å²) in [6, 6.07) is 5.02. The molecule has 0 fully saturated rings. The summed E-state index contributed by atoms with van der Waals surface area (Å²) in [7, 11) is 0. The molecule has 19 heavy (non-hydrogen) atoms. The van der Waals surface area contributed by atoms with Gasteiger partial charge in [-0.3, -0.25) is 14.6 Å². The average Bonchev–Trinajstić information content (AvgIpc) is 2.32. The lowest BCUT2D eigenvalue weighted by atomic mass is 10.3. The Balaban J connectivity index is 2.27. The van der Waals surface area contributed by atoms with E-state index in [4.69, 9.17) is 11.6 Å². The third-order valence-electron chi connectivity index (χ3n) is 2.21. The van der Waals surface area contributed by atoms with Crippen molar-refractivity contribution in [2.45, 2.75) is 0 Å². The molecule has 98 valence electrons. The van der Waals surface area contributed by atoms with Gasteiger partial charge in [-0.05, 0) is 18.2 Å². The van der Waals surface area contributed by atoms with Crippen LogP contribution in [0.3, 0.4) is 0 Å². The van der Waals surface area contributed by atoms with Gasteiger partial charge in [-0.1, -0.05) is 11.6 Å². The number of carbonyl (C=O) groups excluding carboxylic acids is 1. The van der Waals surface area contributed by atoms with Crippen LogP contribution in [-0.4, -0.2) is 21.0 Å². The van der Waals surface area contributed by atoms with Crippen LogP contribution in [0.1, 0.15) is 10.5 Å². The standard InChI is InChI=1S/C11H8ClN3O4/c12-6-3-5(1-2-8(6)16)13-10(18)7-4-9(17)15-11(19)14-7/h1-4,16H,(H,13,18)(H2,14,15,17,19). The summed E-state index contributed by atoms with van der Waals surface area (Å²) in [6.07, 6.45) is 0. The van der Waals surface area contributed by atoms with Gasteiger partial charge in [-0.25, -0.2) is 4.79 Å². The van der Waals surface area contributed by atoms with Crippen LogP contribution in [0.15, 0.2) is 33.9 Å². The normalized spacial score (nSPS) is 10.2. The summed E-state index contributed by atoms with van der Waals surface area (Å²) in [5.41, 5.74) is -1.33. The first-order chi connectivity index (χ1) is 8.95. The van der Waals surface area contributed by atoms with Gasteiger partial charge in [0.15, 0.2) is 0 Å². The molecule has 1 heterocycles. The average molecular weight is 282 g/mol. The summed E-state index contributed by atoms with van der Waals surface area (Å²) < 4.78 is 0. The van der Waals surface area contributed by atoms with Crippen molar-refractivity contribution in [2.24, 2.45) is 0 Å². The van der Waals surface area contributed by atoms with E-state index in [-0.39, 0.29) is 16.5 Å². The van der Waals surface area contributed by atoms with Crippen molar-refractivity contribution in [3.05, 3.63) is 55.8 Å². The SMILES string of the molecule is O=C(Nc1ccc(O)c(Cl)c1)c1cc(=O)[nH]c(=O)[nH]1. The van der Waals surface area contributed by atoms with Crippen molar-refractivity contribution in [1.29, 1.82) is 0 Å². The van der Waals surface area contributed by atoms with Crippen molar-refractivity contribution in [1.82, 2.24) is 9.97 Å². The number of hydrogen-bond donors (Lipinski definition) is 4. The molecule has 7 nitrogen and oxygen atoms in total. The highest BCUT2D eigenvalue weighted by Crippen LogP contribution is 2.26. The molecule has 0 saturated carbocycles. The number of nitrogens with one attached hydrogen (secondary N) is 3. The molecule has 0 atom stereocenters. The second kappa shape index (κ2) is 4.99. The molecule has 2 rings (SSSR count). The van der Waals surface area contributed by atoms with E-state index >= 15 is 0 Å². The molecular formula is C11H8ClN3O4. The largest absolute Gasteiger partial charge is 0.506 e. The maximum atomic E-state index is 11.8. The van der Waals surface area contributed by atoms with Crippen LogP contribution < -0.4 is 16.6 Å². The predicted molar refractivity (Wildman–Crippen MR) is 68.8 cm³/mol. The Labute approximate surface area is 110 Å². The molecule has 0 saturated heterocycles. The van der Waals surface area contributed by atoms with E-state index in [1.807, 2.05) is 4.98 Å². The number of phenolic OH excluding ortho intramolecular Hbond substituents is 1. The van der Waals surface area contributed by atoms with Crippen molar-refractivity contribution < 1.29 is 9.90 Å². The minimum atomic E-state index is -0.776. The Morgan fingerprint density at radius 2 is 1.95 bits per heavy atom. The van der Waals surface area contributed by atoms with E-state index in [1.165, 1.54) is 18.2 Å². The van der Waals surface area contributed by atoms with Gasteiger partial charge in [0.25, 0.3) is 11.5 Å². The molecule has 0 bridgehead atoms. The van der Waals surface area contributed by atoms with Crippen molar-refractivity contribution in [3.63, 3.8) is 0 Å². The molecule has 1 aromatic carbocycles. The van der Waals surface area contributed by atoms with Crippen LogP contribution in [0.4, 0.5) is 5.69 Å². The number of phenols is 1. The first-order valence-electron chi connectivity index (χ1n) is 5.09. The molecule has 2 aromatic rings. The molecule has 0 aliphatic heterocycles. The fourth-order valence-electron chi connectivity index (χ4n) is 1.37. The Hall–Kier alpha value is -2.54. The van der Waals surface area contributed by atoms with Crippen LogP contribution in [0.25, 0.3) is 0 Å². The van der Waals surface area contributed by atoms with Crippen LogP contribution in [0, 0.1) is 0 Å². The molecule has 0 spiro atoms. The molecule has 1 amide bonds. The van der Waals surface area contributed by atoms with E-state index < -0.39 is 17.2 Å². The number of amides is 1. The highest BCUT2D eigenvalue weighted by molar-refractivity contribution is 6.32. The van der Waals surface area contributed by atoms with Crippen LogP contribution in [-0.2, 0) is 0 Å². The lowest BCUT2D eigenvalue weighted by Crippen LogP contribution is -2.27. The quantitative estimate of drug-likeness (QED) is 0.606. The van der Waals surface area contributed by atoms with E-state index in [9.17, 15) is 19.5 Å². The van der Waals surface area contributed by atoms with E-state index in [0.717, 1.165) is 6.07 Å². The van der Waals surface area contributed by atoms with Crippen molar-refractivity contribution in [2.75, 3.05) is 5.32 Å². The number of aromatic hydroxyl groups is 1. The molecule has 0 radical (unpaired) electrons. The Morgan fingerprint density at radius 3 is 2.58 bits per heavy atom. The highest BCUT2D eigenvalue weighted by Gasteiger charge is 2.09. The summed E-state index contributed by atoms with van der Waals surface area (Å²) >= 11 is 5.68. The number of rotatable bonds is 2. The molecule has 0 aliphatic carbocycles. The number of aromatic nitrogens is 2. The van der Waals surface area contributed by atoms with Crippen LogP contribution in [0.5, 0.6) is 5.75 Å². The predicted octanol–water partition coefficient (Wildman–Crippen LogP) is 0.674. The molecule has 0 aliphatic rings. The zero-order chi connectivity index (χ0) is 14.0. The molecular weight excluding hydrogens is 274 g/mol. The summed E-state index contributed by atoms with van der Waals surface area (Å²) in [5.74, 6) is -0.797. The third-order valence-corrected chi connectivity index (χ3v) is 2.51. The number of aromatic amines is 2. The number of hydrogen-bond acceptors (Lipinski definition) is 4. The lowest BCUT2D eigenvalue weighted by Gasteiger charge is -2.05. The molecule has 8 heteroatoms. The number of carbonyl (C=O) groups is 1. The van der Waals surface area contributed by atoms with Gasteiger partial charge in [0, 0.05) is 11.8 Å². The first-order valence-corrected chi connectivity index (χ1v) is 5.47. The number of halogens is 1. The second-order valence-electron chi connectivity index (χ2n) is 3.62. The lowest BCUT2D eigenvalue weighted by molar-refractivity contribution is 0.102. The second-order valence-corrected chi connectivity index (χ2v) is 4.03. The number of H-pyrrole nitrogens is 2. The smallest absolute Gasteiger partial charge is 0.326 e. The van der Waals surface area contributed by atoms with E-state index in [0.29, 0.717) is 5.69 Å². The molecule has 1 aromatic heterocycles. The van der Waals surface area contributed by atoms with Gasteiger partial charge in [0.1, 0.15) is 11.4 Å². The third kappa shape index (κ3) is 3.02. The zero-order valence-corrected chi connectivity index (χ0v) is 10.1. The summed E-state index contributed by atoms with van der Waals surface area (Å²) in [5, 5.41) is 11.7. The van der Waals surface area contributed by atoms with Gasteiger partial charge in [-0.2, -0.15) is 0 Å². The maximum absolute atomic E-state index is 11.8. The Bertz CT molecular complexity index is 722. The van der Waals surface area contributed by atoms with Gasteiger partial charge < -0.3 is 15.4 Å². The fourth-order valence-corrected chi connectivity index (χ4v) is 1.55. The fraction of sp³-hybridized carbons (Fsp3) is 0. The zero-order valence-electron chi connectivity index (χ0n) is 9.36. The van der Waals surface area contributed by atoms with E-state index in [2.05, 4.69) is 10.3 Å². The van der Waals surface area contributed by atoms with E-state index in [1.54, 1.807) is 0 Å². The van der Waals surface area contributed by atoms with Crippen LogP contribution >= 0.6 is 11.6 Å². The summed E-state index contributed by atoms with van der Waals surface area (Å²) in [4.78, 5) is 38.0. The van der Waals surface area contributed by atoms with Gasteiger partial charge >= 0.3 is 5.69 Å². The monoisotopic (exact) mass is 281 g/mol. The van der Waals surface area contributed by atoms with Crippen molar-refractivity contribution >= 4 is 23.2 Å². The minimum Gasteiger partial charge on any atom is -0.506 e. The molecule has 0 unspecified atom stereocenters.